The van der Waals surface area contributed by atoms with Gasteiger partial charge in [0.2, 0.25) is 0 Å². The number of furan rings is 1. The Labute approximate surface area is 171 Å². The monoisotopic (exact) mass is 428 g/mol. The number of carbonyl (C=O) groups excluding carboxylic acids is 2. The summed E-state index contributed by atoms with van der Waals surface area (Å²) in [6, 6.07) is 10.3. The van der Waals surface area contributed by atoms with Crippen LogP contribution >= 0.6 is 0 Å². The molecule has 0 aliphatic carbocycles. The molecular formula is C20H16N2O7S. The molecule has 9 nitrogen and oxygen atoms in total. The fourth-order valence-electron chi connectivity index (χ4n) is 2.95. The molecular weight excluding hydrogens is 412 g/mol. The highest BCUT2D eigenvalue weighted by molar-refractivity contribution is 7.85. The van der Waals surface area contributed by atoms with E-state index in [0.29, 0.717) is 11.3 Å². The van der Waals surface area contributed by atoms with Crippen molar-refractivity contribution in [2.75, 3.05) is 13.2 Å². The van der Waals surface area contributed by atoms with Crippen LogP contribution < -0.4 is 0 Å². The van der Waals surface area contributed by atoms with Crippen molar-refractivity contribution in [2.24, 2.45) is 0 Å². The predicted molar refractivity (Wildman–Crippen MR) is 104 cm³/mol. The molecule has 2 N–H and O–H groups in total. The normalized spacial score (nSPS) is 16.3. The smallest absolute Gasteiger partial charge is 0.294 e. The summed E-state index contributed by atoms with van der Waals surface area (Å²) < 4.78 is 37.0. The summed E-state index contributed by atoms with van der Waals surface area (Å²) in [5, 5.41) is 18.4. The number of rotatable bonds is 5. The Hall–Kier alpha value is -3.52. The van der Waals surface area contributed by atoms with Gasteiger partial charge >= 0.3 is 0 Å². The SMILES string of the molecule is CC1=C(C#N)C(=O)N(CCO)C(=O)/C1=C/c1ccc(-c2ccc(S(=O)(=O)O)cc2)o1. The molecule has 3 rings (SSSR count). The second-order valence-electron chi connectivity index (χ2n) is 6.36. The van der Waals surface area contributed by atoms with Crippen LogP contribution in [0.5, 0.6) is 0 Å². The molecule has 0 fully saturated rings. The van der Waals surface area contributed by atoms with Crippen LogP contribution in [0.25, 0.3) is 17.4 Å². The molecule has 1 aliphatic heterocycles. The van der Waals surface area contributed by atoms with Crippen molar-refractivity contribution in [2.45, 2.75) is 11.8 Å². The molecule has 0 spiro atoms. The van der Waals surface area contributed by atoms with Crippen molar-refractivity contribution in [1.29, 1.82) is 5.26 Å². The van der Waals surface area contributed by atoms with Crippen molar-refractivity contribution in [3.63, 3.8) is 0 Å². The molecule has 1 aliphatic rings. The summed E-state index contributed by atoms with van der Waals surface area (Å²) in [7, 11) is -4.31. The average molecular weight is 428 g/mol. The van der Waals surface area contributed by atoms with Crippen LogP contribution in [0.4, 0.5) is 0 Å². The molecule has 2 aromatic rings. The van der Waals surface area contributed by atoms with Gasteiger partial charge in [-0.2, -0.15) is 13.7 Å². The molecule has 10 heteroatoms. The van der Waals surface area contributed by atoms with Gasteiger partial charge in [-0.15, -0.1) is 0 Å². The first-order valence-corrected chi connectivity index (χ1v) is 10.1. The lowest BCUT2D eigenvalue weighted by molar-refractivity contribution is -0.140. The number of benzene rings is 1. The maximum Gasteiger partial charge on any atom is 0.294 e. The lowest BCUT2D eigenvalue weighted by atomic mass is 9.95. The quantitative estimate of drug-likeness (QED) is 0.416. The fourth-order valence-corrected chi connectivity index (χ4v) is 3.43. The van der Waals surface area contributed by atoms with Gasteiger partial charge < -0.3 is 9.52 Å². The van der Waals surface area contributed by atoms with Crippen LogP contribution in [-0.2, 0) is 19.7 Å². The number of carbonyl (C=O) groups is 2. The number of nitrogens with zero attached hydrogens (tertiary/aromatic N) is 2. The summed E-state index contributed by atoms with van der Waals surface area (Å²) >= 11 is 0. The van der Waals surface area contributed by atoms with Crippen molar-refractivity contribution in [1.82, 2.24) is 4.90 Å². The van der Waals surface area contributed by atoms with Gasteiger partial charge in [0.1, 0.15) is 23.2 Å². The Morgan fingerprint density at radius 3 is 2.37 bits per heavy atom. The Kier molecular flexibility index (Phi) is 5.71. The highest BCUT2D eigenvalue weighted by Gasteiger charge is 2.35. The topological polar surface area (TPSA) is 149 Å². The highest BCUT2D eigenvalue weighted by Crippen LogP contribution is 2.29. The molecule has 0 bridgehead atoms. The van der Waals surface area contributed by atoms with Gasteiger partial charge in [-0.25, -0.2) is 0 Å². The number of hydrogen-bond donors (Lipinski definition) is 2. The number of nitriles is 1. The molecule has 154 valence electrons. The minimum Gasteiger partial charge on any atom is -0.457 e. The average Bonchev–Trinajstić information content (AvgIpc) is 3.17. The van der Waals surface area contributed by atoms with Crippen LogP contribution in [-0.4, -0.2) is 47.9 Å². The first-order valence-electron chi connectivity index (χ1n) is 8.65. The van der Waals surface area contributed by atoms with Crippen LogP contribution in [0, 0.1) is 11.3 Å². The van der Waals surface area contributed by atoms with E-state index in [4.69, 9.17) is 14.1 Å². The van der Waals surface area contributed by atoms with E-state index in [1.54, 1.807) is 18.2 Å². The van der Waals surface area contributed by atoms with E-state index >= 15 is 0 Å². The molecule has 30 heavy (non-hydrogen) atoms. The van der Waals surface area contributed by atoms with Gasteiger partial charge in [-0.3, -0.25) is 19.0 Å². The van der Waals surface area contributed by atoms with Gasteiger partial charge in [0, 0.05) is 11.1 Å². The zero-order chi connectivity index (χ0) is 22.1. The summed E-state index contributed by atoms with van der Waals surface area (Å²) in [6.45, 7) is 0.804. The molecule has 2 heterocycles. The Balaban J connectivity index is 1.98. The first kappa shape index (κ1) is 21.2. The zero-order valence-corrected chi connectivity index (χ0v) is 16.5. The standard InChI is InChI=1S/C20H16N2O7S/c1-12-16(19(24)22(8-9-23)20(25)17(12)11-21)10-14-4-7-18(29-14)13-2-5-15(6-3-13)30(26,27)28/h2-7,10,23H,8-9H2,1H3,(H,26,27,28)/b16-10+. The Morgan fingerprint density at radius 2 is 1.80 bits per heavy atom. The molecule has 0 saturated carbocycles. The van der Waals surface area contributed by atoms with Gasteiger partial charge in [0.25, 0.3) is 21.9 Å². The van der Waals surface area contributed by atoms with E-state index in [1.807, 2.05) is 0 Å². The number of β-amino-alcohol motifs (C(OH)–C–C–N with tert-alkyl or cyclic N) is 1. The van der Waals surface area contributed by atoms with Crippen molar-refractivity contribution in [3.05, 3.63) is 58.9 Å². The zero-order valence-electron chi connectivity index (χ0n) is 15.7. The predicted octanol–water partition coefficient (Wildman–Crippen LogP) is 1.78. The van der Waals surface area contributed by atoms with E-state index in [1.165, 1.54) is 37.3 Å². The summed E-state index contributed by atoms with van der Waals surface area (Å²) in [5.41, 5.74) is 0.630. The lowest BCUT2D eigenvalue weighted by Crippen LogP contribution is -2.44. The molecule has 2 amide bonds. The van der Waals surface area contributed by atoms with Crippen LogP contribution in [0.3, 0.4) is 0 Å². The number of aliphatic hydroxyl groups is 1. The molecule has 0 atom stereocenters. The first-order chi connectivity index (χ1) is 14.2. The highest BCUT2D eigenvalue weighted by atomic mass is 32.2. The van der Waals surface area contributed by atoms with E-state index in [9.17, 15) is 23.3 Å². The minimum absolute atomic E-state index is 0.0854. The largest absolute Gasteiger partial charge is 0.457 e. The van der Waals surface area contributed by atoms with Gasteiger partial charge in [0.05, 0.1) is 18.0 Å². The minimum atomic E-state index is -4.31. The molecule has 0 radical (unpaired) electrons. The molecule has 0 unspecified atom stereocenters. The van der Waals surface area contributed by atoms with Crippen LogP contribution in [0.1, 0.15) is 12.7 Å². The number of aliphatic hydroxyl groups excluding tert-OH is 1. The van der Waals surface area contributed by atoms with E-state index < -0.39 is 28.5 Å². The third-order valence-corrected chi connectivity index (χ3v) is 5.37. The maximum atomic E-state index is 12.7. The second-order valence-corrected chi connectivity index (χ2v) is 7.78. The van der Waals surface area contributed by atoms with Gasteiger partial charge in [-0.1, -0.05) is 0 Å². The van der Waals surface area contributed by atoms with Crippen LogP contribution in [0.15, 0.2) is 62.4 Å². The van der Waals surface area contributed by atoms with Gasteiger partial charge in [-0.05, 0) is 55.0 Å². The number of amides is 2. The molecule has 1 aromatic carbocycles. The third kappa shape index (κ3) is 3.95. The second kappa shape index (κ2) is 8.08. The number of imide groups is 1. The van der Waals surface area contributed by atoms with E-state index in [0.717, 1.165) is 4.90 Å². The van der Waals surface area contributed by atoms with Crippen molar-refractivity contribution >= 4 is 28.0 Å². The Bertz CT molecular complexity index is 1230. The maximum absolute atomic E-state index is 12.7. The lowest BCUT2D eigenvalue weighted by Gasteiger charge is -2.26. The van der Waals surface area contributed by atoms with E-state index in [2.05, 4.69) is 0 Å². The van der Waals surface area contributed by atoms with Crippen LogP contribution in [0.2, 0.25) is 0 Å². The van der Waals surface area contributed by atoms with Crippen molar-refractivity contribution in [3.8, 4) is 17.4 Å². The fraction of sp³-hybridized carbons (Fsp3) is 0.150. The third-order valence-electron chi connectivity index (χ3n) is 4.50. The van der Waals surface area contributed by atoms with E-state index in [-0.39, 0.29) is 33.9 Å². The number of hydrogen-bond acceptors (Lipinski definition) is 7. The molecule has 0 saturated heterocycles. The summed E-state index contributed by atoms with van der Waals surface area (Å²) in [5.74, 6) is -0.772. The molecule has 1 aromatic heterocycles. The van der Waals surface area contributed by atoms with Crippen molar-refractivity contribution < 1.29 is 32.1 Å². The Morgan fingerprint density at radius 1 is 1.13 bits per heavy atom. The van der Waals surface area contributed by atoms with Gasteiger partial charge in [0.15, 0.2) is 0 Å². The summed E-state index contributed by atoms with van der Waals surface area (Å²) in [6.07, 6.45) is 1.39. The summed E-state index contributed by atoms with van der Waals surface area (Å²) in [4.78, 5) is 25.5.